The molecule has 0 aliphatic heterocycles. The van der Waals surface area contributed by atoms with Crippen LogP contribution in [0.4, 0.5) is 0 Å². The van der Waals surface area contributed by atoms with E-state index in [4.69, 9.17) is 9.84 Å². The third-order valence-corrected chi connectivity index (χ3v) is 2.90. The number of hydrogen-bond acceptors (Lipinski definition) is 4. The molecular formula is C15H16N2O4. The van der Waals surface area contributed by atoms with E-state index in [1.54, 1.807) is 11.6 Å². The molecule has 110 valence electrons. The smallest absolute Gasteiger partial charge is 0.338 e. The van der Waals surface area contributed by atoms with E-state index in [1.165, 1.54) is 12.4 Å². The molecule has 2 rings (SSSR count). The Kier molecular flexibility index (Phi) is 4.71. The van der Waals surface area contributed by atoms with Gasteiger partial charge in [0.25, 0.3) is 0 Å². The lowest BCUT2D eigenvalue weighted by Gasteiger charge is -2.05. The number of carbonyl (C=O) groups is 2. The van der Waals surface area contributed by atoms with Crippen LogP contribution in [0.3, 0.4) is 0 Å². The Balaban J connectivity index is 1.98. The Hall–Kier alpha value is -2.63. The molecule has 0 aliphatic carbocycles. The second-order valence-corrected chi connectivity index (χ2v) is 4.53. The van der Waals surface area contributed by atoms with Crippen molar-refractivity contribution < 1.29 is 19.4 Å². The number of hydrogen-bond donors (Lipinski definition) is 1. The maximum Gasteiger partial charge on any atom is 0.338 e. The maximum absolute atomic E-state index is 11.4. The lowest BCUT2D eigenvalue weighted by Crippen LogP contribution is -2.07. The van der Waals surface area contributed by atoms with Crippen molar-refractivity contribution in [1.29, 1.82) is 0 Å². The van der Waals surface area contributed by atoms with Gasteiger partial charge >= 0.3 is 11.9 Å². The fourth-order valence-corrected chi connectivity index (χ4v) is 1.89. The molecule has 1 aromatic heterocycles. The molecule has 0 unspecified atom stereocenters. The van der Waals surface area contributed by atoms with E-state index in [9.17, 15) is 9.59 Å². The van der Waals surface area contributed by atoms with E-state index >= 15 is 0 Å². The average molecular weight is 288 g/mol. The molecule has 0 saturated heterocycles. The first-order valence-electron chi connectivity index (χ1n) is 6.57. The van der Waals surface area contributed by atoms with Crippen molar-refractivity contribution in [3.63, 3.8) is 0 Å². The molecule has 0 fully saturated rings. The highest BCUT2D eigenvalue weighted by Gasteiger charge is 2.07. The first kappa shape index (κ1) is 14.8. The molecule has 0 amide bonds. The van der Waals surface area contributed by atoms with Crippen molar-refractivity contribution >= 4 is 11.9 Å². The summed E-state index contributed by atoms with van der Waals surface area (Å²) in [6.07, 6.45) is 3.05. The van der Waals surface area contributed by atoms with Crippen LogP contribution in [0.2, 0.25) is 0 Å². The fourth-order valence-electron chi connectivity index (χ4n) is 1.89. The van der Waals surface area contributed by atoms with Crippen molar-refractivity contribution in [2.24, 2.45) is 0 Å². The molecule has 1 heterocycles. The van der Waals surface area contributed by atoms with Crippen molar-refractivity contribution in [2.45, 2.75) is 19.9 Å². The van der Waals surface area contributed by atoms with Crippen molar-refractivity contribution in [3.05, 3.63) is 53.3 Å². The summed E-state index contributed by atoms with van der Waals surface area (Å²) >= 11 is 0. The van der Waals surface area contributed by atoms with Gasteiger partial charge in [-0.15, -0.1) is 0 Å². The van der Waals surface area contributed by atoms with Gasteiger partial charge < -0.3 is 9.84 Å². The Morgan fingerprint density at radius 3 is 2.48 bits per heavy atom. The Morgan fingerprint density at radius 2 is 1.90 bits per heavy atom. The summed E-state index contributed by atoms with van der Waals surface area (Å²) in [6, 6.07) is 7.48. The summed E-state index contributed by atoms with van der Waals surface area (Å²) in [5.74, 6) is -1.24. The topological polar surface area (TPSA) is 81.4 Å². The maximum atomic E-state index is 11.4. The van der Waals surface area contributed by atoms with Gasteiger partial charge in [0.1, 0.15) is 0 Å². The molecule has 0 atom stereocenters. The molecule has 1 aromatic carbocycles. The van der Waals surface area contributed by atoms with Crippen LogP contribution >= 0.6 is 0 Å². The first-order valence-corrected chi connectivity index (χ1v) is 6.57. The van der Waals surface area contributed by atoms with Crippen molar-refractivity contribution in [3.8, 4) is 0 Å². The first-order chi connectivity index (χ1) is 10.1. The number of nitrogens with zero attached hydrogens (tertiary/aromatic N) is 2. The Bertz CT molecular complexity index is 631. The van der Waals surface area contributed by atoms with E-state index in [0.717, 1.165) is 11.1 Å². The molecule has 21 heavy (non-hydrogen) atoms. The predicted octanol–water partition coefficient (Wildman–Crippen LogP) is 1.74. The summed E-state index contributed by atoms with van der Waals surface area (Å²) < 4.78 is 6.45. The van der Waals surface area contributed by atoms with Crippen LogP contribution in [0.5, 0.6) is 0 Å². The molecule has 2 aromatic rings. The molecular weight excluding hydrogens is 272 g/mol. The van der Waals surface area contributed by atoms with Gasteiger partial charge in [0.15, 0.2) is 0 Å². The minimum atomic E-state index is -0.994. The molecule has 0 saturated carbocycles. The SMILES string of the molecule is CCOC(=O)Cc1ccc(Cn2cc(C(=O)O)cn2)cc1. The van der Waals surface area contributed by atoms with Gasteiger partial charge in [-0.05, 0) is 18.1 Å². The normalized spacial score (nSPS) is 10.3. The van der Waals surface area contributed by atoms with Gasteiger partial charge in [-0.1, -0.05) is 24.3 Å². The highest BCUT2D eigenvalue weighted by Crippen LogP contribution is 2.08. The zero-order valence-electron chi connectivity index (χ0n) is 11.7. The van der Waals surface area contributed by atoms with Crippen LogP contribution in [0, 0.1) is 0 Å². The summed E-state index contributed by atoms with van der Waals surface area (Å²) in [6.45, 7) is 2.63. The van der Waals surface area contributed by atoms with Crippen LogP contribution < -0.4 is 0 Å². The largest absolute Gasteiger partial charge is 0.478 e. The molecule has 6 nitrogen and oxygen atoms in total. The molecule has 0 radical (unpaired) electrons. The van der Waals surface area contributed by atoms with Crippen LogP contribution in [0.25, 0.3) is 0 Å². The van der Waals surface area contributed by atoms with Crippen LogP contribution in [-0.4, -0.2) is 33.4 Å². The average Bonchev–Trinajstić information content (AvgIpc) is 2.90. The Labute approximate surface area is 122 Å². The minimum absolute atomic E-state index is 0.161. The van der Waals surface area contributed by atoms with E-state index in [0.29, 0.717) is 13.2 Å². The molecule has 0 spiro atoms. The number of ether oxygens (including phenoxy) is 1. The lowest BCUT2D eigenvalue weighted by molar-refractivity contribution is -0.142. The number of carbonyl (C=O) groups excluding carboxylic acids is 1. The standard InChI is InChI=1S/C15H16N2O4/c1-2-21-14(18)7-11-3-5-12(6-4-11)9-17-10-13(8-16-17)15(19)20/h3-6,8,10H,2,7,9H2,1H3,(H,19,20). The number of rotatable bonds is 6. The third kappa shape index (κ3) is 4.17. The number of carboxylic acids is 1. The van der Waals surface area contributed by atoms with Gasteiger partial charge in [0.05, 0.1) is 31.3 Å². The summed E-state index contributed by atoms with van der Waals surface area (Å²) in [7, 11) is 0. The monoisotopic (exact) mass is 288 g/mol. The Morgan fingerprint density at radius 1 is 1.24 bits per heavy atom. The molecule has 6 heteroatoms. The fraction of sp³-hybridized carbons (Fsp3) is 0.267. The van der Waals surface area contributed by atoms with Crippen molar-refractivity contribution in [1.82, 2.24) is 9.78 Å². The van der Waals surface area contributed by atoms with Gasteiger partial charge in [-0.3, -0.25) is 9.48 Å². The minimum Gasteiger partial charge on any atom is -0.478 e. The molecule has 0 aliphatic rings. The van der Waals surface area contributed by atoms with Crippen molar-refractivity contribution in [2.75, 3.05) is 6.61 Å². The third-order valence-electron chi connectivity index (χ3n) is 2.90. The molecule has 1 N–H and O–H groups in total. The summed E-state index contributed by atoms with van der Waals surface area (Å²) in [4.78, 5) is 22.1. The van der Waals surface area contributed by atoms with E-state index < -0.39 is 5.97 Å². The van der Waals surface area contributed by atoms with Gasteiger partial charge in [-0.25, -0.2) is 4.79 Å². The van der Waals surface area contributed by atoms with Gasteiger partial charge in [0.2, 0.25) is 0 Å². The number of benzene rings is 1. The second-order valence-electron chi connectivity index (χ2n) is 4.53. The summed E-state index contributed by atoms with van der Waals surface area (Å²) in [5, 5.41) is 12.8. The quantitative estimate of drug-likeness (QED) is 0.819. The lowest BCUT2D eigenvalue weighted by atomic mass is 10.1. The number of carboxylic acid groups (broad SMARTS) is 1. The van der Waals surface area contributed by atoms with E-state index in [2.05, 4.69) is 5.10 Å². The van der Waals surface area contributed by atoms with E-state index in [-0.39, 0.29) is 18.0 Å². The number of esters is 1. The second kappa shape index (κ2) is 6.69. The zero-order valence-corrected chi connectivity index (χ0v) is 11.7. The van der Waals surface area contributed by atoms with Crippen LogP contribution in [0.15, 0.2) is 36.7 Å². The number of aromatic carboxylic acids is 1. The zero-order chi connectivity index (χ0) is 15.2. The van der Waals surface area contributed by atoms with Crippen LogP contribution in [-0.2, 0) is 22.5 Å². The number of aromatic nitrogens is 2. The molecule has 0 bridgehead atoms. The van der Waals surface area contributed by atoms with Gasteiger partial charge in [0, 0.05) is 6.20 Å². The van der Waals surface area contributed by atoms with Crippen LogP contribution in [0.1, 0.15) is 28.4 Å². The predicted molar refractivity (Wildman–Crippen MR) is 75.1 cm³/mol. The highest BCUT2D eigenvalue weighted by atomic mass is 16.5. The highest BCUT2D eigenvalue weighted by molar-refractivity contribution is 5.86. The van der Waals surface area contributed by atoms with Gasteiger partial charge in [-0.2, -0.15) is 5.10 Å². The van der Waals surface area contributed by atoms with E-state index in [1.807, 2.05) is 24.3 Å². The summed E-state index contributed by atoms with van der Waals surface area (Å²) in [5.41, 5.74) is 2.01.